The fourth-order valence-electron chi connectivity index (χ4n) is 2.50. The molecule has 0 spiro atoms. The van der Waals surface area contributed by atoms with Gasteiger partial charge in [0.25, 0.3) is 0 Å². The minimum Gasteiger partial charge on any atom is -0.356 e. The number of rotatable bonds is 9. The molecule has 1 saturated heterocycles. The van der Waals surface area contributed by atoms with E-state index in [2.05, 4.69) is 34.1 Å². The minimum atomic E-state index is 0.163. The SMILES string of the molecule is CCC(=O)NCCCN1CCN(CCCN(C)C)CC1. The van der Waals surface area contributed by atoms with Crippen LogP contribution in [0.3, 0.4) is 0 Å². The average Bonchev–Trinajstić information content (AvgIpc) is 2.44. The van der Waals surface area contributed by atoms with Crippen molar-refractivity contribution in [1.29, 1.82) is 0 Å². The van der Waals surface area contributed by atoms with Crippen molar-refractivity contribution < 1.29 is 4.79 Å². The van der Waals surface area contributed by atoms with Crippen molar-refractivity contribution in [3.05, 3.63) is 0 Å². The van der Waals surface area contributed by atoms with Gasteiger partial charge < -0.3 is 20.0 Å². The van der Waals surface area contributed by atoms with Gasteiger partial charge in [-0.2, -0.15) is 0 Å². The minimum absolute atomic E-state index is 0.163. The van der Waals surface area contributed by atoms with Crippen LogP contribution < -0.4 is 5.32 Å². The molecule has 1 amide bonds. The Labute approximate surface area is 124 Å². The molecule has 1 fully saturated rings. The number of hydrogen-bond acceptors (Lipinski definition) is 4. The molecule has 1 heterocycles. The number of carbonyl (C=O) groups is 1. The fraction of sp³-hybridized carbons (Fsp3) is 0.933. The van der Waals surface area contributed by atoms with Gasteiger partial charge in [0, 0.05) is 39.1 Å². The molecule has 5 nitrogen and oxygen atoms in total. The van der Waals surface area contributed by atoms with E-state index < -0.39 is 0 Å². The highest BCUT2D eigenvalue weighted by Gasteiger charge is 2.15. The lowest BCUT2D eigenvalue weighted by atomic mass is 10.2. The monoisotopic (exact) mass is 284 g/mol. The fourth-order valence-corrected chi connectivity index (χ4v) is 2.50. The molecule has 0 aliphatic carbocycles. The molecule has 1 aliphatic rings. The maximum Gasteiger partial charge on any atom is 0.219 e. The number of piperazine rings is 1. The van der Waals surface area contributed by atoms with Crippen LogP contribution in [0.15, 0.2) is 0 Å². The van der Waals surface area contributed by atoms with Crippen molar-refractivity contribution in [3.63, 3.8) is 0 Å². The maximum atomic E-state index is 11.1. The van der Waals surface area contributed by atoms with E-state index in [1.807, 2.05) is 6.92 Å². The Hall–Kier alpha value is -0.650. The van der Waals surface area contributed by atoms with Gasteiger partial charge in [0.1, 0.15) is 0 Å². The zero-order valence-corrected chi connectivity index (χ0v) is 13.5. The van der Waals surface area contributed by atoms with Crippen LogP contribution in [0, 0.1) is 0 Å². The van der Waals surface area contributed by atoms with Crippen molar-refractivity contribution in [2.75, 3.05) is 66.5 Å². The first kappa shape index (κ1) is 17.4. The third-order valence-corrected chi connectivity index (χ3v) is 3.84. The van der Waals surface area contributed by atoms with E-state index in [4.69, 9.17) is 0 Å². The predicted octanol–water partition coefficient (Wildman–Crippen LogP) is 0.472. The molecule has 20 heavy (non-hydrogen) atoms. The third kappa shape index (κ3) is 7.82. The van der Waals surface area contributed by atoms with E-state index in [0.29, 0.717) is 6.42 Å². The third-order valence-electron chi connectivity index (χ3n) is 3.84. The molecule has 0 aromatic rings. The van der Waals surface area contributed by atoms with E-state index in [0.717, 1.165) is 19.5 Å². The topological polar surface area (TPSA) is 38.8 Å². The van der Waals surface area contributed by atoms with E-state index >= 15 is 0 Å². The number of amides is 1. The molecule has 0 aromatic heterocycles. The van der Waals surface area contributed by atoms with Crippen LogP contribution in [0.4, 0.5) is 0 Å². The Morgan fingerprint density at radius 3 is 2.10 bits per heavy atom. The standard InChI is InChI=1S/C15H32N4O/c1-4-15(20)16-7-5-9-18-11-13-19(14-12-18)10-6-8-17(2)3/h4-14H2,1-3H3,(H,16,20). The normalized spacial score (nSPS) is 17.6. The number of hydrogen-bond donors (Lipinski definition) is 1. The molecule has 5 heteroatoms. The number of carbonyl (C=O) groups excluding carboxylic acids is 1. The van der Waals surface area contributed by atoms with Gasteiger partial charge in [-0.3, -0.25) is 4.79 Å². The van der Waals surface area contributed by atoms with Crippen molar-refractivity contribution in [1.82, 2.24) is 20.0 Å². The van der Waals surface area contributed by atoms with E-state index in [9.17, 15) is 4.79 Å². The summed E-state index contributed by atoms with van der Waals surface area (Å²) in [4.78, 5) is 18.5. The Bertz CT molecular complexity index is 263. The highest BCUT2D eigenvalue weighted by atomic mass is 16.1. The van der Waals surface area contributed by atoms with Crippen LogP contribution in [-0.2, 0) is 4.79 Å². The molecular weight excluding hydrogens is 252 g/mol. The Balaban J connectivity index is 2.00. The summed E-state index contributed by atoms with van der Waals surface area (Å²) >= 11 is 0. The molecular formula is C15H32N4O. The van der Waals surface area contributed by atoms with Crippen molar-refractivity contribution >= 4 is 5.91 Å². The summed E-state index contributed by atoms with van der Waals surface area (Å²) < 4.78 is 0. The number of nitrogens with one attached hydrogen (secondary N) is 1. The first-order valence-corrected chi connectivity index (χ1v) is 7.98. The van der Waals surface area contributed by atoms with Crippen LogP contribution in [-0.4, -0.2) is 87.1 Å². The van der Waals surface area contributed by atoms with Gasteiger partial charge in [0.2, 0.25) is 5.91 Å². The molecule has 1 N–H and O–H groups in total. The van der Waals surface area contributed by atoms with Gasteiger partial charge in [0.15, 0.2) is 0 Å². The second-order valence-corrected chi connectivity index (χ2v) is 5.90. The molecule has 1 aliphatic heterocycles. The Morgan fingerprint density at radius 2 is 1.60 bits per heavy atom. The van der Waals surface area contributed by atoms with Gasteiger partial charge in [-0.1, -0.05) is 6.92 Å². The van der Waals surface area contributed by atoms with Crippen molar-refractivity contribution in [3.8, 4) is 0 Å². The Kier molecular flexibility index (Phi) is 8.82. The smallest absolute Gasteiger partial charge is 0.219 e. The predicted molar refractivity (Wildman–Crippen MR) is 84.0 cm³/mol. The summed E-state index contributed by atoms with van der Waals surface area (Å²) in [6, 6.07) is 0. The summed E-state index contributed by atoms with van der Waals surface area (Å²) in [5.74, 6) is 0.163. The van der Waals surface area contributed by atoms with Gasteiger partial charge in [-0.15, -0.1) is 0 Å². The highest BCUT2D eigenvalue weighted by molar-refractivity contribution is 5.75. The second kappa shape index (κ2) is 10.1. The quantitative estimate of drug-likeness (QED) is 0.625. The molecule has 118 valence electrons. The highest BCUT2D eigenvalue weighted by Crippen LogP contribution is 2.03. The summed E-state index contributed by atoms with van der Waals surface area (Å²) in [5.41, 5.74) is 0. The van der Waals surface area contributed by atoms with Crippen LogP contribution >= 0.6 is 0 Å². The van der Waals surface area contributed by atoms with Gasteiger partial charge in [-0.05, 0) is 46.6 Å². The second-order valence-electron chi connectivity index (χ2n) is 5.90. The lowest BCUT2D eigenvalue weighted by Gasteiger charge is -2.34. The Morgan fingerprint density at radius 1 is 1.05 bits per heavy atom. The van der Waals surface area contributed by atoms with Crippen LogP contribution in [0.5, 0.6) is 0 Å². The molecule has 0 radical (unpaired) electrons. The first-order valence-electron chi connectivity index (χ1n) is 7.98. The van der Waals surface area contributed by atoms with Crippen molar-refractivity contribution in [2.24, 2.45) is 0 Å². The van der Waals surface area contributed by atoms with Crippen LogP contribution in [0.2, 0.25) is 0 Å². The summed E-state index contributed by atoms with van der Waals surface area (Å²) in [5, 5.41) is 2.94. The average molecular weight is 284 g/mol. The lowest BCUT2D eigenvalue weighted by molar-refractivity contribution is -0.120. The molecule has 0 unspecified atom stereocenters. The van der Waals surface area contributed by atoms with E-state index in [1.54, 1.807) is 0 Å². The van der Waals surface area contributed by atoms with Crippen LogP contribution in [0.1, 0.15) is 26.2 Å². The molecule has 0 atom stereocenters. The summed E-state index contributed by atoms with van der Waals surface area (Å²) in [6.45, 7) is 10.9. The first-order chi connectivity index (χ1) is 9.61. The number of nitrogens with zero attached hydrogens (tertiary/aromatic N) is 3. The zero-order valence-electron chi connectivity index (χ0n) is 13.5. The van der Waals surface area contributed by atoms with Gasteiger partial charge in [0.05, 0.1) is 0 Å². The molecule has 0 bridgehead atoms. The largest absolute Gasteiger partial charge is 0.356 e. The van der Waals surface area contributed by atoms with E-state index in [-0.39, 0.29) is 5.91 Å². The molecule has 0 saturated carbocycles. The zero-order chi connectivity index (χ0) is 14.8. The van der Waals surface area contributed by atoms with Gasteiger partial charge >= 0.3 is 0 Å². The molecule has 0 aromatic carbocycles. The lowest BCUT2D eigenvalue weighted by Crippen LogP contribution is -2.47. The van der Waals surface area contributed by atoms with Crippen molar-refractivity contribution in [2.45, 2.75) is 26.2 Å². The maximum absolute atomic E-state index is 11.1. The van der Waals surface area contributed by atoms with Crippen LogP contribution in [0.25, 0.3) is 0 Å². The summed E-state index contributed by atoms with van der Waals surface area (Å²) in [6.07, 6.45) is 2.91. The van der Waals surface area contributed by atoms with Gasteiger partial charge in [-0.25, -0.2) is 0 Å². The summed E-state index contributed by atoms with van der Waals surface area (Å²) in [7, 11) is 4.27. The van der Waals surface area contributed by atoms with E-state index in [1.165, 1.54) is 45.7 Å². The molecule has 1 rings (SSSR count).